The van der Waals surface area contributed by atoms with Crippen LogP contribution in [0.15, 0.2) is 0 Å². The van der Waals surface area contributed by atoms with Gasteiger partial charge in [-0.05, 0) is 12.2 Å². The Bertz CT molecular complexity index is 90.2. The summed E-state index contributed by atoms with van der Waals surface area (Å²) in [6.45, 7) is 0. The molecule has 0 rings (SSSR count). The second-order valence-electron chi connectivity index (χ2n) is 1.08. The summed E-state index contributed by atoms with van der Waals surface area (Å²) in [7, 11) is 1.62. The van der Waals surface area contributed by atoms with E-state index in [1.807, 2.05) is 0 Å². The van der Waals surface area contributed by atoms with Gasteiger partial charge in [-0.1, -0.05) is 0 Å². The van der Waals surface area contributed by atoms with Gasteiger partial charge >= 0.3 is 0 Å². The molecule has 0 spiro atoms. The van der Waals surface area contributed by atoms with Crippen LogP contribution in [0.4, 0.5) is 0 Å². The highest BCUT2D eigenvalue weighted by molar-refractivity contribution is 7.80. The van der Waals surface area contributed by atoms with Crippen LogP contribution in [0, 0.1) is 5.41 Å². The standard InChI is InChI=1S/C3H7N3S/c1-6(2-4)3(5)7/h2,4H,1H3,(H2,5,7). The fourth-order valence-corrected chi connectivity index (χ4v) is 0.116. The highest BCUT2D eigenvalue weighted by atomic mass is 32.1. The van der Waals surface area contributed by atoms with Crippen molar-refractivity contribution in [3.8, 4) is 0 Å². The normalized spacial score (nSPS) is 7.57. The van der Waals surface area contributed by atoms with E-state index in [1.54, 1.807) is 7.05 Å². The predicted molar refractivity (Wildman–Crippen MR) is 33.3 cm³/mol. The fourth-order valence-electron chi connectivity index (χ4n) is 0.0636. The van der Waals surface area contributed by atoms with Gasteiger partial charge in [-0.2, -0.15) is 0 Å². The van der Waals surface area contributed by atoms with Gasteiger partial charge in [0.25, 0.3) is 0 Å². The molecule has 0 bridgehead atoms. The minimum Gasteiger partial charge on any atom is -0.376 e. The van der Waals surface area contributed by atoms with Crippen molar-refractivity contribution in [3.05, 3.63) is 0 Å². The Hall–Kier alpha value is -0.640. The highest BCUT2D eigenvalue weighted by Crippen LogP contribution is 1.70. The zero-order valence-corrected chi connectivity index (χ0v) is 4.83. The summed E-state index contributed by atoms with van der Waals surface area (Å²) in [6.07, 6.45) is 1.06. The largest absolute Gasteiger partial charge is 0.376 e. The van der Waals surface area contributed by atoms with Gasteiger partial charge in [0, 0.05) is 7.05 Å². The molecule has 3 N–H and O–H groups in total. The molecule has 0 aliphatic heterocycles. The molecule has 4 heteroatoms. The molecule has 0 aromatic heterocycles. The van der Waals surface area contributed by atoms with Crippen LogP contribution in [0.1, 0.15) is 0 Å². The summed E-state index contributed by atoms with van der Waals surface area (Å²) in [5, 5.41) is 6.79. The molecule has 0 fully saturated rings. The van der Waals surface area contributed by atoms with Gasteiger partial charge in [0.05, 0.1) is 6.34 Å². The Kier molecular flexibility index (Phi) is 2.29. The molecule has 0 aromatic rings. The molecule has 40 valence electrons. The fraction of sp³-hybridized carbons (Fsp3) is 0.333. The van der Waals surface area contributed by atoms with E-state index in [9.17, 15) is 0 Å². The van der Waals surface area contributed by atoms with E-state index in [1.165, 1.54) is 4.90 Å². The van der Waals surface area contributed by atoms with Crippen LogP contribution in [-0.4, -0.2) is 23.4 Å². The van der Waals surface area contributed by atoms with Crippen molar-refractivity contribution in [1.82, 2.24) is 4.90 Å². The summed E-state index contributed by atoms with van der Waals surface area (Å²) < 4.78 is 0. The van der Waals surface area contributed by atoms with Crippen LogP contribution in [0.2, 0.25) is 0 Å². The van der Waals surface area contributed by atoms with Gasteiger partial charge in [0.2, 0.25) is 0 Å². The molecule has 0 atom stereocenters. The van der Waals surface area contributed by atoms with Crippen molar-refractivity contribution >= 4 is 23.7 Å². The first-order valence-electron chi connectivity index (χ1n) is 1.71. The summed E-state index contributed by atoms with van der Waals surface area (Å²) in [6, 6.07) is 0. The predicted octanol–water partition coefficient (Wildman–Crippen LogP) is -0.231. The zero-order valence-electron chi connectivity index (χ0n) is 4.01. The molecule has 0 aromatic carbocycles. The van der Waals surface area contributed by atoms with Gasteiger partial charge in [0.1, 0.15) is 0 Å². The molecule has 0 saturated carbocycles. The van der Waals surface area contributed by atoms with E-state index >= 15 is 0 Å². The molecule has 0 aliphatic carbocycles. The maximum Gasteiger partial charge on any atom is 0.171 e. The number of thiocarbonyl (C=S) groups is 1. The van der Waals surface area contributed by atoms with Crippen molar-refractivity contribution in [3.63, 3.8) is 0 Å². The molecule has 0 radical (unpaired) electrons. The summed E-state index contributed by atoms with van der Waals surface area (Å²) in [5.41, 5.74) is 5.05. The topological polar surface area (TPSA) is 53.1 Å². The molecule has 0 unspecified atom stereocenters. The number of nitrogens with zero attached hydrogens (tertiary/aromatic N) is 1. The zero-order chi connectivity index (χ0) is 5.86. The number of hydrogen-bond donors (Lipinski definition) is 2. The quantitative estimate of drug-likeness (QED) is 0.283. The van der Waals surface area contributed by atoms with Crippen LogP contribution in [0.25, 0.3) is 0 Å². The second kappa shape index (κ2) is 2.52. The van der Waals surface area contributed by atoms with Crippen molar-refractivity contribution in [2.45, 2.75) is 0 Å². The van der Waals surface area contributed by atoms with Crippen LogP contribution < -0.4 is 5.73 Å². The molecule has 0 saturated heterocycles. The van der Waals surface area contributed by atoms with E-state index in [-0.39, 0.29) is 5.11 Å². The lowest BCUT2D eigenvalue weighted by atomic mass is 10.9. The van der Waals surface area contributed by atoms with Gasteiger partial charge in [-0.25, -0.2) is 0 Å². The smallest absolute Gasteiger partial charge is 0.171 e. The molecular formula is C3H7N3S. The van der Waals surface area contributed by atoms with E-state index in [4.69, 9.17) is 11.1 Å². The number of nitrogens with one attached hydrogen (secondary N) is 1. The SMILES string of the molecule is CN(C=N)C(N)=S. The van der Waals surface area contributed by atoms with E-state index in [0.717, 1.165) is 6.34 Å². The Morgan fingerprint density at radius 2 is 2.43 bits per heavy atom. The third-order valence-electron chi connectivity index (χ3n) is 0.541. The Morgan fingerprint density at radius 3 is 2.43 bits per heavy atom. The van der Waals surface area contributed by atoms with Gasteiger partial charge in [0.15, 0.2) is 5.11 Å². The molecular weight excluding hydrogens is 110 g/mol. The van der Waals surface area contributed by atoms with Crippen molar-refractivity contribution in [2.24, 2.45) is 5.73 Å². The summed E-state index contributed by atoms with van der Waals surface area (Å²) >= 11 is 4.47. The molecule has 0 aliphatic rings. The average molecular weight is 117 g/mol. The first-order chi connectivity index (χ1) is 3.18. The van der Waals surface area contributed by atoms with E-state index in [0.29, 0.717) is 0 Å². The van der Waals surface area contributed by atoms with Gasteiger partial charge in [-0.3, -0.25) is 5.41 Å². The molecule has 7 heavy (non-hydrogen) atoms. The minimum atomic E-state index is 0.218. The van der Waals surface area contributed by atoms with E-state index in [2.05, 4.69) is 12.2 Å². The number of hydrogen-bond acceptors (Lipinski definition) is 2. The first-order valence-corrected chi connectivity index (χ1v) is 2.12. The van der Waals surface area contributed by atoms with Crippen molar-refractivity contribution in [1.29, 1.82) is 5.41 Å². The molecule has 0 amide bonds. The van der Waals surface area contributed by atoms with Crippen molar-refractivity contribution in [2.75, 3.05) is 7.05 Å². The number of rotatable bonds is 1. The van der Waals surface area contributed by atoms with Crippen molar-refractivity contribution < 1.29 is 0 Å². The van der Waals surface area contributed by atoms with Gasteiger partial charge in [-0.15, -0.1) is 0 Å². The van der Waals surface area contributed by atoms with Gasteiger partial charge < -0.3 is 10.6 Å². The minimum absolute atomic E-state index is 0.218. The Labute approximate surface area is 47.6 Å². The van der Waals surface area contributed by atoms with Crippen LogP contribution >= 0.6 is 12.2 Å². The molecule has 0 heterocycles. The third kappa shape index (κ3) is 2.11. The Balaban J connectivity index is 3.55. The van der Waals surface area contributed by atoms with Crippen LogP contribution in [0.3, 0.4) is 0 Å². The lowest BCUT2D eigenvalue weighted by Gasteiger charge is -2.06. The van der Waals surface area contributed by atoms with Crippen LogP contribution in [-0.2, 0) is 0 Å². The third-order valence-corrected chi connectivity index (χ3v) is 0.829. The monoisotopic (exact) mass is 117 g/mol. The number of nitrogens with two attached hydrogens (primary N) is 1. The second-order valence-corrected chi connectivity index (χ2v) is 1.50. The Morgan fingerprint density at radius 1 is 2.00 bits per heavy atom. The first kappa shape index (κ1) is 6.36. The average Bonchev–Trinajstić information content (AvgIpc) is 1.65. The lowest BCUT2D eigenvalue weighted by Crippen LogP contribution is -2.29. The van der Waals surface area contributed by atoms with E-state index < -0.39 is 0 Å². The maximum absolute atomic E-state index is 6.57. The summed E-state index contributed by atoms with van der Waals surface area (Å²) in [5.74, 6) is 0. The lowest BCUT2D eigenvalue weighted by molar-refractivity contribution is 0.778. The highest BCUT2D eigenvalue weighted by Gasteiger charge is 1.88. The maximum atomic E-state index is 6.57. The summed E-state index contributed by atoms with van der Waals surface area (Å²) in [4.78, 5) is 1.34. The molecule has 3 nitrogen and oxygen atoms in total. The van der Waals surface area contributed by atoms with Crippen LogP contribution in [0.5, 0.6) is 0 Å².